The van der Waals surface area contributed by atoms with Gasteiger partial charge in [-0.3, -0.25) is 0 Å². The Kier molecular flexibility index (Phi) is 10.8. The van der Waals surface area contributed by atoms with Crippen LogP contribution < -0.4 is 0 Å². The van der Waals surface area contributed by atoms with E-state index in [4.69, 9.17) is 10.2 Å². The van der Waals surface area contributed by atoms with Crippen LogP contribution in [0.4, 0.5) is 0 Å². The van der Waals surface area contributed by atoms with Gasteiger partial charge in [0.2, 0.25) is 0 Å². The average molecular weight is 228 g/mol. The summed E-state index contributed by atoms with van der Waals surface area (Å²) in [4.78, 5) is 29.3. The van der Waals surface area contributed by atoms with Crippen LogP contribution in [0.1, 0.15) is 0 Å². The number of carbonyl (C=O) groups is 3. The van der Waals surface area contributed by atoms with Gasteiger partial charge in [-0.15, -0.1) is 0 Å². The van der Waals surface area contributed by atoms with Crippen LogP contribution in [-0.2, 0) is 19.1 Å². The Morgan fingerprint density at radius 2 is 1.50 bits per heavy atom. The van der Waals surface area contributed by atoms with Crippen LogP contribution >= 0.6 is 0 Å². The van der Waals surface area contributed by atoms with E-state index in [0.29, 0.717) is 12.2 Å². The number of rotatable bonds is 5. The van der Waals surface area contributed by atoms with Crippen LogP contribution in [-0.4, -0.2) is 34.7 Å². The molecular weight excluding hydrogens is 216 g/mol. The molecule has 0 atom stereocenters. The summed E-state index contributed by atoms with van der Waals surface area (Å²) in [5.74, 6) is -2.93. The fraction of sp³-hybridized carbons (Fsp3) is 0.100. The van der Waals surface area contributed by atoms with Crippen LogP contribution in [0.15, 0.2) is 37.5 Å². The molecule has 6 nitrogen and oxygen atoms in total. The van der Waals surface area contributed by atoms with Crippen LogP contribution in [0.5, 0.6) is 0 Å². The number of esters is 1. The first-order chi connectivity index (χ1) is 7.43. The van der Waals surface area contributed by atoms with Gasteiger partial charge < -0.3 is 14.9 Å². The van der Waals surface area contributed by atoms with E-state index >= 15 is 0 Å². The maximum atomic E-state index is 10.2. The summed E-state index contributed by atoms with van der Waals surface area (Å²) < 4.78 is 4.47. The quantitative estimate of drug-likeness (QED) is 0.406. The van der Waals surface area contributed by atoms with Crippen molar-refractivity contribution in [3.05, 3.63) is 37.5 Å². The second kappa shape index (κ2) is 10.7. The second-order valence-corrected chi connectivity index (χ2v) is 2.13. The van der Waals surface area contributed by atoms with Crippen molar-refractivity contribution in [3.63, 3.8) is 0 Å². The van der Waals surface area contributed by atoms with Crippen LogP contribution in [0, 0.1) is 0 Å². The van der Waals surface area contributed by atoms with E-state index in [-0.39, 0.29) is 6.61 Å². The predicted octanol–water partition coefficient (Wildman–Crippen LogP) is 0.613. The minimum Gasteiger partial charge on any atom is -0.478 e. The summed E-state index contributed by atoms with van der Waals surface area (Å²) in [6.45, 7) is 6.81. The average Bonchev–Trinajstić information content (AvgIpc) is 2.23. The molecule has 0 aliphatic rings. The molecule has 0 unspecified atom stereocenters. The van der Waals surface area contributed by atoms with Crippen molar-refractivity contribution >= 4 is 17.9 Å². The maximum absolute atomic E-state index is 10.2. The summed E-state index contributed by atoms with van der Waals surface area (Å²) in [7, 11) is 0. The molecule has 0 spiro atoms. The maximum Gasteiger partial charge on any atom is 0.330 e. The first kappa shape index (κ1) is 16.1. The molecule has 0 heterocycles. The zero-order valence-electron chi connectivity index (χ0n) is 8.46. The molecule has 0 aromatic heterocycles. The molecule has 2 N–H and O–H groups in total. The molecule has 0 aliphatic heterocycles. The standard InChI is InChI=1S/C6H8O2.C4H4O4/c1-3-5-8-6(7)4-2;5-3(6)1-2-4(7)8/h3-4H,1-2,5H2;1-2H,(H,5,6)(H,7,8)/b;2-1-. The van der Waals surface area contributed by atoms with Crippen molar-refractivity contribution < 1.29 is 29.3 Å². The minimum atomic E-state index is -1.26. The summed E-state index contributed by atoms with van der Waals surface area (Å²) in [5.41, 5.74) is 0. The number of hydrogen-bond acceptors (Lipinski definition) is 4. The lowest BCUT2D eigenvalue weighted by atomic mass is 10.5. The first-order valence-electron chi connectivity index (χ1n) is 3.98. The smallest absolute Gasteiger partial charge is 0.330 e. The van der Waals surface area contributed by atoms with Crippen molar-refractivity contribution in [2.24, 2.45) is 0 Å². The van der Waals surface area contributed by atoms with Crippen molar-refractivity contribution in [1.29, 1.82) is 0 Å². The molecule has 6 heteroatoms. The van der Waals surface area contributed by atoms with E-state index in [2.05, 4.69) is 17.9 Å². The van der Waals surface area contributed by atoms with Gasteiger partial charge in [-0.05, 0) is 0 Å². The third-order valence-corrected chi connectivity index (χ3v) is 0.879. The van der Waals surface area contributed by atoms with Gasteiger partial charge in [0.05, 0.1) is 0 Å². The Labute approximate surface area is 92.1 Å². The van der Waals surface area contributed by atoms with Gasteiger partial charge in [0.15, 0.2) is 0 Å². The van der Waals surface area contributed by atoms with Gasteiger partial charge in [-0.2, -0.15) is 0 Å². The molecule has 0 bridgehead atoms. The first-order valence-corrected chi connectivity index (χ1v) is 3.98. The van der Waals surface area contributed by atoms with E-state index in [1.54, 1.807) is 0 Å². The van der Waals surface area contributed by atoms with E-state index in [1.165, 1.54) is 6.08 Å². The van der Waals surface area contributed by atoms with Gasteiger partial charge >= 0.3 is 17.9 Å². The fourth-order valence-corrected chi connectivity index (χ4v) is 0.343. The monoisotopic (exact) mass is 228 g/mol. The van der Waals surface area contributed by atoms with Crippen molar-refractivity contribution in [3.8, 4) is 0 Å². The lowest BCUT2D eigenvalue weighted by molar-refractivity contribution is -0.136. The van der Waals surface area contributed by atoms with Gasteiger partial charge in [0, 0.05) is 18.2 Å². The highest BCUT2D eigenvalue weighted by Gasteiger charge is 1.88. The molecule has 88 valence electrons. The Balaban J connectivity index is 0. The van der Waals surface area contributed by atoms with E-state index in [9.17, 15) is 14.4 Å². The Morgan fingerprint density at radius 3 is 1.75 bits per heavy atom. The fourth-order valence-electron chi connectivity index (χ4n) is 0.343. The predicted molar refractivity (Wildman–Crippen MR) is 55.8 cm³/mol. The van der Waals surface area contributed by atoms with Gasteiger partial charge in [0.25, 0.3) is 0 Å². The zero-order chi connectivity index (χ0) is 13.0. The van der Waals surface area contributed by atoms with Crippen LogP contribution in [0.3, 0.4) is 0 Å². The van der Waals surface area contributed by atoms with Crippen LogP contribution in [0.25, 0.3) is 0 Å². The Morgan fingerprint density at radius 1 is 1.06 bits per heavy atom. The summed E-state index contributed by atoms with van der Waals surface area (Å²) in [5, 5.41) is 15.6. The number of aliphatic carboxylic acids is 2. The molecule has 0 aromatic rings. The molecule has 0 radical (unpaired) electrons. The van der Waals surface area contributed by atoms with E-state index in [1.807, 2.05) is 0 Å². The molecule has 0 aromatic carbocycles. The van der Waals surface area contributed by atoms with Gasteiger partial charge in [-0.1, -0.05) is 19.2 Å². The lowest BCUT2D eigenvalue weighted by Crippen LogP contribution is -1.98. The molecule has 0 rings (SSSR count). The van der Waals surface area contributed by atoms with Crippen molar-refractivity contribution in [2.45, 2.75) is 0 Å². The Hall–Kier alpha value is -2.37. The van der Waals surface area contributed by atoms with Crippen molar-refractivity contribution in [2.75, 3.05) is 6.61 Å². The second-order valence-electron chi connectivity index (χ2n) is 2.13. The summed E-state index contributed by atoms with van der Waals surface area (Å²) in [6, 6.07) is 0. The Bertz CT molecular complexity index is 286. The highest BCUT2D eigenvalue weighted by Crippen LogP contribution is 1.77. The minimum absolute atomic E-state index is 0.255. The topological polar surface area (TPSA) is 101 Å². The summed E-state index contributed by atoms with van der Waals surface area (Å²) >= 11 is 0. The largest absolute Gasteiger partial charge is 0.478 e. The van der Waals surface area contributed by atoms with Crippen LogP contribution in [0.2, 0.25) is 0 Å². The molecule has 0 aliphatic carbocycles. The highest BCUT2D eigenvalue weighted by atomic mass is 16.5. The van der Waals surface area contributed by atoms with Gasteiger partial charge in [-0.25, -0.2) is 14.4 Å². The number of carboxylic acid groups (broad SMARTS) is 2. The molecule has 16 heavy (non-hydrogen) atoms. The number of carboxylic acids is 2. The third-order valence-electron chi connectivity index (χ3n) is 0.879. The van der Waals surface area contributed by atoms with E-state index < -0.39 is 17.9 Å². The van der Waals surface area contributed by atoms with E-state index in [0.717, 1.165) is 6.08 Å². The third kappa shape index (κ3) is 17.6. The summed E-state index contributed by atoms with van der Waals surface area (Å²) in [6.07, 6.45) is 3.73. The number of ether oxygens (including phenoxy) is 1. The number of hydrogen-bond donors (Lipinski definition) is 2. The van der Waals surface area contributed by atoms with Crippen molar-refractivity contribution in [1.82, 2.24) is 0 Å². The molecule has 0 saturated heterocycles. The molecule has 0 amide bonds. The lowest BCUT2D eigenvalue weighted by Gasteiger charge is -1.92. The molecule has 0 saturated carbocycles. The highest BCUT2D eigenvalue weighted by molar-refractivity contribution is 5.89. The zero-order valence-corrected chi connectivity index (χ0v) is 8.46. The molecular formula is C10H12O6. The number of carbonyl (C=O) groups excluding carboxylic acids is 1. The SMILES string of the molecule is C=CCOC(=O)C=C.O=C(O)/C=C\C(=O)O. The normalized spacial score (nSPS) is 8.50. The van der Waals surface area contributed by atoms with Gasteiger partial charge in [0.1, 0.15) is 6.61 Å². The molecule has 0 fully saturated rings.